The zero-order valence-corrected chi connectivity index (χ0v) is 21.0. The molecule has 0 atom stereocenters. The molecule has 0 saturated heterocycles. The average molecular weight is 473 g/mol. The van der Waals surface area contributed by atoms with E-state index in [1.165, 1.54) is 5.56 Å². The number of carbonyl (C=O) groups excluding carboxylic acids is 1. The van der Waals surface area contributed by atoms with E-state index in [0.29, 0.717) is 17.2 Å². The van der Waals surface area contributed by atoms with Crippen LogP contribution in [-0.4, -0.2) is 61.7 Å². The smallest absolute Gasteiger partial charge is 0.230 e. The molecule has 1 aliphatic heterocycles. The van der Waals surface area contributed by atoms with Crippen molar-refractivity contribution in [3.63, 3.8) is 0 Å². The number of rotatable bonds is 7. The highest BCUT2D eigenvalue weighted by molar-refractivity contribution is 6.05. The van der Waals surface area contributed by atoms with Crippen LogP contribution in [0.3, 0.4) is 0 Å². The molecule has 4 aromatic heterocycles. The minimum Gasteiger partial charge on any atom is -0.318 e. The van der Waals surface area contributed by atoms with Gasteiger partial charge in [0.05, 0.1) is 11.3 Å². The van der Waals surface area contributed by atoms with Gasteiger partial charge in [-0.2, -0.15) is 4.98 Å². The van der Waals surface area contributed by atoms with Gasteiger partial charge in [0.15, 0.2) is 11.4 Å². The van der Waals surface area contributed by atoms with E-state index in [1.807, 2.05) is 30.6 Å². The number of carbonyl (C=O) groups is 1. The molecule has 2 N–H and O–H groups in total. The summed E-state index contributed by atoms with van der Waals surface area (Å²) < 4.78 is 1.92. The minimum absolute atomic E-state index is 0.0136. The number of hydrogen-bond acceptors (Lipinski definition) is 8. The average Bonchev–Trinajstić information content (AvgIpc) is 3.28. The molecular formula is C26H32N8O. The van der Waals surface area contributed by atoms with Crippen molar-refractivity contribution >= 4 is 34.2 Å². The van der Waals surface area contributed by atoms with Crippen LogP contribution in [0.5, 0.6) is 0 Å². The van der Waals surface area contributed by atoms with Crippen LogP contribution in [0.4, 0.5) is 11.8 Å². The monoisotopic (exact) mass is 472 g/mol. The zero-order chi connectivity index (χ0) is 24.7. The van der Waals surface area contributed by atoms with Gasteiger partial charge >= 0.3 is 0 Å². The van der Waals surface area contributed by atoms with Gasteiger partial charge < -0.3 is 10.6 Å². The van der Waals surface area contributed by atoms with Crippen LogP contribution in [0.1, 0.15) is 59.6 Å². The predicted molar refractivity (Wildman–Crippen MR) is 138 cm³/mol. The Morgan fingerprint density at radius 1 is 1.17 bits per heavy atom. The number of Topliss-reactive ketones (excluding diaryl/α,β-unsaturated/α-hetero) is 1. The van der Waals surface area contributed by atoms with Crippen molar-refractivity contribution in [2.75, 3.05) is 32.0 Å². The van der Waals surface area contributed by atoms with E-state index in [9.17, 15) is 4.79 Å². The van der Waals surface area contributed by atoms with Gasteiger partial charge in [-0.05, 0) is 44.0 Å². The number of aromatic nitrogens is 5. The van der Waals surface area contributed by atoms with Crippen molar-refractivity contribution in [3.8, 4) is 0 Å². The second-order valence-electron chi connectivity index (χ2n) is 9.56. The van der Waals surface area contributed by atoms with Crippen molar-refractivity contribution in [2.24, 2.45) is 0 Å². The number of nitrogens with one attached hydrogen (secondary N) is 2. The van der Waals surface area contributed by atoms with Crippen molar-refractivity contribution < 1.29 is 4.79 Å². The Morgan fingerprint density at radius 3 is 2.74 bits per heavy atom. The molecule has 182 valence electrons. The van der Waals surface area contributed by atoms with Crippen molar-refractivity contribution in [1.82, 2.24) is 34.6 Å². The largest absolute Gasteiger partial charge is 0.318 e. The topological polar surface area (TPSA) is 100 Å². The summed E-state index contributed by atoms with van der Waals surface area (Å²) >= 11 is 0. The summed E-state index contributed by atoms with van der Waals surface area (Å²) in [6.07, 6.45) is 4.68. The highest BCUT2D eigenvalue weighted by Crippen LogP contribution is 2.28. The van der Waals surface area contributed by atoms with Gasteiger partial charge in [0.2, 0.25) is 5.95 Å². The Hall–Kier alpha value is -3.43. The lowest BCUT2D eigenvalue weighted by atomic mass is 10.0. The van der Waals surface area contributed by atoms with Gasteiger partial charge in [-0.15, -0.1) is 0 Å². The number of anilines is 2. The fourth-order valence-corrected chi connectivity index (χ4v) is 4.74. The molecule has 0 radical (unpaired) electrons. The number of ketones is 1. The molecule has 35 heavy (non-hydrogen) atoms. The number of nitrogens with zero attached hydrogens (tertiary/aromatic N) is 6. The van der Waals surface area contributed by atoms with Crippen LogP contribution >= 0.6 is 0 Å². The highest BCUT2D eigenvalue weighted by atomic mass is 16.1. The standard InChI is InChI=1S/C26H32N8O/c1-15(2)21-14-34-24-19(16(3)23(17(4)35)25(34)30-21)12-28-26(32-24)31-22-7-6-18-13-33(11-9-27-5)10-8-20(18)29-22/h6-7,12,14-15,27H,8-11,13H2,1-5H3,(H,28,29,31,32). The van der Waals surface area contributed by atoms with Gasteiger partial charge in [0.25, 0.3) is 0 Å². The molecule has 0 unspecified atom stereocenters. The first kappa shape index (κ1) is 23.3. The van der Waals surface area contributed by atoms with E-state index >= 15 is 0 Å². The van der Waals surface area contributed by atoms with Gasteiger partial charge in [-0.3, -0.25) is 14.1 Å². The van der Waals surface area contributed by atoms with Crippen LogP contribution in [0.25, 0.3) is 16.7 Å². The molecule has 0 saturated carbocycles. The van der Waals surface area contributed by atoms with E-state index in [0.717, 1.165) is 66.4 Å². The predicted octanol–water partition coefficient (Wildman–Crippen LogP) is 3.63. The fourth-order valence-electron chi connectivity index (χ4n) is 4.74. The molecule has 0 amide bonds. The van der Waals surface area contributed by atoms with Crippen LogP contribution in [0.2, 0.25) is 0 Å². The number of likely N-dealkylation sites (N-methyl/N-ethyl adjacent to an activating group) is 1. The quantitative estimate of drug-likeness (QED) is 0.393. The molecule has 0 spiro atoms. The fraction of sp³-hybridized carbons (Fsp3) is 0.423. The maximum Gasteiger partial charge on any atom is 0.230 e. The van der Waals surface area contributed by atoms with Gasteiger partial charge in [0.1, 0.15) is 11.5 Å². The summed E-state index contributed by atoms with van der Waals surface area (Å²) in [6, 6.07) is 4.13. The Morgan fingerprint density at radius 2 is 2.00 bits per heavy atom. The Balaban J connectivity index is 1.50. The second kappa shape index (κ2) is 9.31. The third-order valence-electron chi connectivity index (χ3n) is 6.71. The second-order valence-corrected chi connectivity index (χ2v) is 9.56. The molecule has 0 aliphatic carbocycles. The molecule has 5 heterocycles. The third-order valence-corrected chi connectivity index (χ3v) is 6.71. The first-order chi connectivity index (χ1) is 16.9. The minimum atomic E-state index is -0.0136. The van der Waals surface area contributed by atoms with E-state index in [1.54, 1.807) is 13.1 Å². The number of fused-ring (bicyclic) bond motifs is 4. The van der Waals surface area contributed by atoms with Crippen LogP contribution in [-0.2, 0) is 13.0 Å². The number of hydrogen-bond donors (Lipinski definition) is 2. The molecule has 0 aromatic carbocycles. The summed E-state index contributed by atoms with van der Waals surface area (Å²) in [5.41, 5.74) is 6.15. The Bertz CT molecular complexity index is 1420. The SMILES string of the molecule is CNCCN1CCc2nc(Nc3ncc4c(C)c(C(C)=O)c5nc(C(C)C)cn5c4n3)ccc2C1. The molecule has 5 rings (SSSR count). The summed E-state index contributed by atoms with van der Waals surface area (Å²) in [4.78, 5) is 33.9. The first-order valence-corrected chi connectivity index (χ1v) is 12.2. The lowest BCUT2D eigenvalue weighted by Gasteiger charge is -2.28. The van der Waals surface area contributed by atoms with E-state index in [2.05, 4.69) is 40.4 Å². The molecule has 9 heteroatoms. The molecule has 1 aliphatic rings. The molecular weight excluding hydrogens is 440 g/mol. The van der Waals surface area contributed by atoms with Gasteiger partial charge in [0, 0.05) is 56.1 Å². The Labute approximate surface area is 205 Å². The number of pyridine rings is 2. The van der Waals surface area contributed by atoms with Crippen LogP contribution in [0, 0.1) is 6.92 Å². The van der Waals surface area contributed by atoms with Gasteiger partial charge in [-0.1, -0.05) is 19.9 Å². The maximum absolute atomic E-state index is 12.5. The molecule has 4 aromatic rings. The van der Waals surface area contributed by atoms with E-state index < -0.39 is 0 Å². The summed E-state index contributed by atoms with van der Waals surface area (Å²) in [5, 5.41) is 7.33. The van der Waals surface area contributed by atoms with Crippen LogP contribution in [0.15, 0.2) is 24.5 Å². The zero-order valence-electron chi connectivity index (χ0n) is 21.0. The number of imidazole rings is 1. The Kier molecular flexibility index (Phi) is 6.21. The van der Waals surface area contributed by atoms with Gasteiger partial charge in [-0.25, -0.2) is 15.0 Å². The van der Waals surface area contributed by atoms with Crippen LogP contribution < -0.4 is 10.6 Å². The molecule has 9 nitrogen and oxygen atoms in total. The normalized spacial score (nSPS) is 14.1. The highest BCUT2D eigenvalue weighted by Gasteiger charge is 2.21. The third kappa shape index (κ3) is 4.37. The first-order valence-electron chi connectivity index (χ1n) is 12.2. The lowest BCUT2D eigenvalue weighted by Crippen LogP contribution is -2.35. The van der Waals surface area contributed by atoms with E-state index in [-0.39, 0.29) is 11.7 Å². The number of aryl methyl sites for hydroxylation is 1. The van der Waals surface area contributed by atoms with Crippen molar-refractivity contribution in [1.29, 1.82) is 0 Å². The van der Waals surface area contributed by atoms with E-state index in [4.69, 9.17) is 15.0 Å². The summed E-state index contributed by atoms with van der Waals surface area (Å²) in [7, 11) is 1.98. The molecule has 0 fully saturated rings. The lowest BCUT2D eigenvalue weighted by molar-refractivity contribution is 0.101. The molecule has 0 bridgehead atoms. The maximum atomic E-state index is 12.5. The van der Waals surface area contributed by atoms with Crippen molar-refractivity contribution in [2.45, 2.75) is 46.6 Å². The van der Waals surface area contributed by atoms with Crippen molar-refractivity contribution in [3.05, 3.63) is 52.6 Å². The summed E-state index contributed by atoms with van der Waals surface area (Å²) in [6.45, 7) is 11.6. The summed E-state index contributed by atoms with van der Waals surface area (Å²) in [5.74, 6) is 1.42.